The lowest BCUT2D eigenvalue weighted by molar-refractivity contribution is 0.761. The first kappa shape index (κ1) is 10.2. The molecule has 0 saturated heterocycles. The van der Waals surface area contributed by atoms with Crippen LogP contribution in [0.3, 0.4) is 0 Å². The van der Waals surface area contributed by atoms with Crippen LogP contribution in [0.1, 0.15) is 27.7 Å². The van der Waals surface area contributed by atoms with Crippen molar-refractivity contribution in [1.29, 1.82) is 0 Å². The molecular weight excluding hydrogens is 102 g/mol. The molecule has 0 aliphatic heterocycles. The maximum atomic E-state index is 3.17. The normalized spacial score (nSPS) is 8.14. The highest BCUT2D eigenvalue weighted by Gasteiger charge is 1.76. The molecule has 0 atom stereocenters. The standard InChI is InChI=1S/C3H11NSi.C2H6/c1-3(2)4-5;1-2/h3-4H,1-2,5H3;1-2H3. The molecule has 0 aliphatic rings. The molecule has 1 N–H and O–H groups in total. The molecule has 0 rings (SSSR count). The van der Waals surface area contributed by atoms with Gasteiger partial charge in [-0.05, 0) is 6.04 Å². The van der Waals surface area contributed by atoms with Crippen LogP contribution in [0.4, 0.5) is 0 Å². The van der Waals surface area contributed by atoms with Gasteiger partial charge in [0.25, 0.3) is 0 Å². The highest BCUT2D eigenvalue weighted by atomic mass is 28.2. The zero-order chi connectivity index (χ0) is 6.28. The first-order valence-corrected chi connectivity index (χ1v) is 3.94. The number of hydrogen-bond donors (Lipinski definition) is 1. The molecule has 0 amide bonds. The van der Waals surface area contributed by atoms with Crippen molar-refractivity contribution < 1.29 is 0 Å². The molecule has 0 aliphatic carbocycles. The third-order valence-electron chi connectivity index (χ3n) is 0.577. The van der Waals surface area contributed by atoms with E-state index in [9.17, 15) is 0 Å². The van der Waals surface area contributed by atoms with Crippen LogP contribution in [0.15, 0.2) is 0 Å². The molecule has 46 valence electrons. The zero-order valence-corrected chi connectivity index (χ0v) is 8.08. The lowest BCUT2D eigenvalue weighted by Gasteiger charge is -1.95. The van der Waals surface area contributed by atoms with Crippen molar-refractivity contribution in [1.82, 2.24) is 4.98 Å². The molecule has 0 unspecified atom stereocenters. The average molecular weight is 119 g/mol. The molecule has 1 nitrogen and oxygen atoms in total. The Hall–Kier alpha value is 0.177. The van der Waals surface area contributed by atoms with Crippen molar-refractivity contribution >= 4 is 10.4 Å². The predicted molar refractivity (Wildman–Crippen MR) is 39.6 cm³/mol. The van der Waals surface area contributed by atoms with Gasteiger partial charge in [-0.3, -0.25) is 0 Å². The minimum atomic E-state index is 0.696. The molecule has 0 aromatic heterocycles. The summed E-state index contributed by atoms with van der Waals surface area (Å²) < 4.78 is 0. The Labute approximate surface area is 50.0 Å². The van der Waals surface area contributed by atoms with Crippen LogP contribution in [0, 0.1) is 0 Å². The summed E-state index contributed by atoms with van der Waals surface area (Å²) in [5, 5.41) is 0. The van der Waals surface area contributed by atoms with E-state index in [1.54, 1.807) is 0 Å². The fourth-order valence-corrected chi connectivity index (χ4v) is 0. The SMILES string of the molecule is CC.CC(C)N[SiH3]. The van der Waals surface area contributed by atoms with Crippen LogP contribution in [0.2, 0.25) is 0 Å². The van der Waals surface area contributed by atoms with Gasteiger partial charge in [-0.25, -0.2) is 0 Å². The van der Waals surface area contributed by atoms with Gasteiger partial charge in [0, 0.05) is 0 Å². The molecule has 2 heteroatoms. The van der Waals surface area contributed by atoms with E-state index in [1.165, 1.54) is 0 Å². The Balaban J connectivity index is 0. The van der Waals surface area contributed by atoms with Crippen molar-refractivity contribution in [3.05, 3.63) is 0 Å². The van der Waals surface area contributed by atoms with Crippen molar-refractivity contribution in [3.8, 4) is 0 Å². The molecule has 7 heavy (non-hydrogen) atoms. The van der Waals surface area contributed by atoms with Gasteiger partial charge in [0.1, 0.15) is 0 Å². The third kappa shape index (κ3) is 22.7. The van der Waals surface area contributed by atoms with Gasteiger partial charge in [-0.1, -0.05) is 27.7 Å². The van der Waals surface area contributed by atoms with Gasteiger partial charge >= 0.3 is 0 Å². The molecule has 0 radical (unpaired) electrons. The van der Waals surface area contributed by atoms with Crippen molar-refractivity contribution in [2.45, 2.75) is 33.7 Å². The van der Waals surface area contributed by atoms with E-state index in [4.69, 9.17) is 0 Å². The van der Waals surface area contributed by atoms with Gasteiger partial charge in [0.15, 0.2) is 0 Å². The average Bonchev–Trinajstić information content (AvgIpc) is 1.73. The van der Waals surface area contributed by atoms with E-state index in [1.807, 2.05) is 13.8 Å². The van der Waals surface area contributed by atoms with Crippen LogP contribution < -0.4 is 4.98 Å². The fourth-order valence-electron chi connectivity index (χ4n) is 0. The van der Waals surface area contributed by atoms with Gasteiger partial charge < -0.3 is 4.98 Å². The summed E-state index contributed by atoms with van der Waals surface area (Å²) in [4.78, 5) is 3.17. The lowest BCUT2D eigenvalue weighted by atomic mass is 10.4. The molecule has 0 fully saturated rings. The van der Waals surface area contributed by atoms with E-state index in [0.29, 0.717) is 6.04 Å². The van der Waals surface area contributed by atoms with Crippen LogP contribution in [0.25, 0.3) is 0 Å². The molecule has 0 aromatic rings. The minimum Gasteiger partial charge on any atom is -0.343 e. The second-order valence-corrected chi connectivity index (χ2v) is 2.02. The predicted octanol–water partition coefficient (Wildman–Crippen LogP) is 0.291. The van der Waals surface area contributed by atoms with E-state index in [0.717, 1.165) is 10.4 Å². The number of hydrogen-bond acceptors (Lipinski definition) is 1. The highest BCUT2D eigenvalue weighted by molar-refractivity contribution is 6.04. The Bertz CT molecular complexity index is 22.0. The van der Waals surface area contributed by atoms with E-state index in [2.05, 4.69) is 18.8 Å². The van der Waals surface area contributed by atoms with Gasteiger partial charge in [0.05, 0.1) is 10.4 Å². The first-order chi connectivity index (χ1) is 3.27. The first-order valence-electron chi connectivity index (χ1n) is 2.94. The fraction of sp³-hybridized carbons (Fsp3) is 1.00. The highest BCUT2D eigenvalue weighted by Crippen LogP contribution is 1.66. The topological polar surface area (TPSA) is 12.0 Å². The molecule has 0 aromatic carbocycles. The van der Waals surface area contributed by atoms with Crippen LogP contribution >= 0.6 is 0 Å². The van der Waals surface area contributed by atoms with Crippen molar-refractivity contribution in [2.24, 2.45) is 0 Å². The summed E-state index contributed by atoms with van der Waals surface area (Å²) in [7, 11) is 1.12. The monoisotopic (exact) mass is 119 g/mol. The van der Waals surface area contributed by atoms with Crippen molar-refractivity contribution in [2.75, 3.05) is 0 Å². The number of rotatable bonds is 1. The Morgan fingerprint density at radius 1 is 1.29 bits per heavy atom. The lowest BCUT2D eigenvalue weighted by Crippen LogP contribution is -2.17. The summed E-state index contributed by atoms with van der Waals surface area (Å²) in [6.07, 6.45) is 0. The summed E-state index contributed by atoms with van der Waals surface area (Å²) in [6, 6.07) is 0.696. The van der Waals surface area contributed by atoms with E-state index >= 15 is 0 Å². The Morgan fingerprint density at radius 2 is 1.43 bits per heavy atom. The molecule has 0 saturated carbocycles. The summed E-state index contributed by atoms with van der Waals surface area (Å²) in [5.74, 6) is 0. The maximum Gasteiger partial charge on any atom is 0.0752 e. The van der Waals surface area contributed by atoms with Gasteiger partial charge in [-0.15, -0.1) is 0 Å². The van der Waals surface area contributed by atoms with Gasteiger partial charge in [-0.2, -0.15) is 0 Å². The summed E-state index contributed by atoms with van der Waals surface area (Å²) in [5.41, 5.74) is 0. The van der Waals surface area contributed by atoms with E-state index in [-0.39, 0.29) is 0 Å². The maximum absolute atomic E-state index is 3.17. The summed E-state index contributed by atoms with van der Waals surface area (Å²) >= 11 is 0. The number of nitrogens with one attached hydrogen (secondary N) is 1. The van der Waals surface area contributed by atoms with Gasteiger partial charge in [0.2, 0.25) is 0 Å². The second-order valence-electron chi connectivity index (χ2n) is 1.44. The Kier molecular flexibility index (Phi) is 13.8. The smallest absolute Gasteiger partial charge is 0.0752 e. The Morgan fingerprint density at radius 3 is 1.43 bits per heavy atom. The third-order valence-corrected chi connectivity index (χ3v) is 1.73. The molecular formula is C5H17NSi. The zero-order valence-electron chi connectivity index (χ0n) is 6.08. The minimum absolute atomic E-state index is 0.696. The van der Waals surface area contributed by atoms with E-state index < -0.39 is 0 Å². The van der Waals surface area contributed by atoms with Crippen LogP contribution in [-0.2, 0) is 0 Å². The van der Waals surface area contributed by atoms with Crippen LogP contribution in [0.5, 0.6) is 0 Å². The quantitative estimate of drug-likeness (QED) is 0.489. The molecule has 0 heterocycles. The van der Waals surface area contributed by atoms with Crippen LogP contribution in [-0.4, -0.2) is 16.4 Å². The molecule has 0 bridgehead atoms. The second kappa shape index (κ2) is 9.49. The molecule has 0 spiro atoms. The van der Waals surface area contributed by atoms with Crippen molar-refractivity contribution in [3.63, 3.8) is 0 Å². The largest absolute Gasteiger partial charge is 0.343 e. The summed E-state index contributed by atoms with van der Waals surface area (Å²) in [6.45, 7) is 8.29.